The molecule has 0 saturated carbocycles. The third kappa shape index (κ3) is 4.58. The summed E-state index contributed by atoms with van der Waals surface area (Å²) in [6.45, 7) is 4.44. The first-order valence-electron chi connectivity index (χ1n) is 6.88. The minimum absolute atomic E-state index is 0. The molecule has 0 bridgehead atoms. The van der Waals surface area contributed by atoms with Gasteiger partial charge < -0.3 is 10.2 Å². The predicted octanol–water partition coefficient (Wildman–Crippen LogP) is 3.74. The highest BCUT2D eigenvalue weighted by Crippen LogP contribution is 2.26. The minimum atomic E-state index is 0. The van der Waals surface area contributed by atoms with Crippen molar-refractivity contribution in [3.05, 3.63) is 40.4 Å². The molecule has 1 aromatic carbocycles. The molecule has 3 rings (SSSR count). The van der Waals surface area contributed by atoms with Crippen molar-refractivity contribution in [3.8, 4) is 10.6 Å². The molecular weight excluding hydrogens is 377 g/mol. The summed E-state index contributed by atoms with van der Waals surface area (Å²) in [4.78, 5) is 18.9. The maximum Gasteiger partial charge on any atom is 0.273 e. The molecule has 1 saturated heterocycles. The van der Waals surface area contributed by atoms with Gasteiger partial charge in [-0.05, 0) is 19.1 Å². The van der Waals surface area contributed by atoms with Gasteiger partial charge >= 0.3 is 0 Å². The molecule has 1 aliphatic rings. The van der Waals surface area contributed by atoms with Crippen molar-refractivity contribution in [2.45, 2.75) is 13.0 Å². The Kier molecular flexibility index (Phi) is 7.77. The minimum Gasteiger partial charge on any atom is -0.332 e. The number of aromatic nitrogens is 1. The molecule has 1 aromatic heterocycles. The number of hydrogen-bond donors (Lipinski definition) is 1. The van der Waals surface area contributed by atoms with E-state index in [1.54, 1.807) is 0 Å². The van der Waals surface area contributed by atoms with Crippen LogP contribution in [0.4, 0.5) is 0 Å². The maximum atomic E-state index is 12.5. The Labute approximate surface area is 157 Å². The molecule has 1 aliphatic heterocycles. The smallest absolute Gasteiger partial charge is 0.273 e. The van der Waals surface area contributed by atoms with E-state index in [-0.39, 0.29) is 36.8 Å². The second-order valence-corrected chi connectivity index (χ2v) is 6.39. The molecule has 0 radical (unpaired) electrons. The molecule has 1 atom stereocenters. The molecule has 1 fully saturated rings. The van der Waals surface area contributed by atoms with Crippen LogP contribution in [-0.2, 0) is 0 Å². The summed E-state index contributed by atoms with van der Waals surface area (Å²) in [5.74, 6) is 0.00790. The van der Waals surface area contributed by atoms with Gasteiger partial charge in [0.25, 0.3) is 5.91 Å². The molecule has 2 aromatic rings. The van der Waals surface area contributed by atoms with E-state index < -0.39 is 0 Å². The van der Waals surface area contributed by atoms with E-state index in [2.05, 4.69) is 10.3 Å². The van der Waals surface area contributed by atoms with E-state index in [1.165, 1.54) is 11.3 Å². The van der Waals surface area contributed by atoms with Crippen molar-refractivity contribution in [1.82, 2.24) is 15.2 Å². The lowest BCUT2D eigenvalue weighted by atomic mass is 10.2. The van der Waals surface area contributed by atoms with Gasteiger partial charge in [-0.25, -0.2) is 4.98 Å². The summed E-state index contributed by atoms with van der Waals surface area (Å²) >= 11 is 7.47. The van der Waals surface area contributed by atoms with Gasteiger partial charge in [0.2, 0.25) is 0 Å². The van der Waals surface area contributed by atoms with Gasteiger partial charge in [0, 0.05) is 41.6 Å². The van der Waals surface area contributed by atoms with Crippen LogP contribution < -0.4 is 5.32 Å². The number of nitrogens with one attached hydrogen (secondary N) is 1. The molecule has 126 valence electrons. The lowest BCUT2D eigenvalue weighted by Gasteiger charge is -2.33. The average Bonchev–Trinajstić information content (AvgIpc) is 2.97. The number of thiazole rings is 1. The summed E-state index contributed by atoms with van der Waals surface area (Å²) in [6, 6.07) is 7.73. The fourth-order valence-corrected chi connectivity index (χ4v) is 3.40. The van der Waals surface area contributed by atoms with E-state index in [0.717, 1.165) is 30.2 Å². The maximum absolute atomic E-state index is 12.5. The number of piperazine rings is 1. The lowest BCUT2D eigenvalue weighted by Crippen LogP contribution is -2.52. The topological polar surface area (TPSA) is 45.2 Å². The lowest BCUT2D eigenvalue weighted by molar-refractivity contribution is 0.0650. The van der Waals surface area contributed by atoms with Crippen LogP contribution in [0, 0.1) is 0 Å². The van der Waals surface area contributed by atoms with Gasteiger partial charge in [-0.15, -0.1) is 36.2 Å². The first kappa shape index (κ1) is 20.2. The van der Waals surface area contributed by atoms with Crippen LogP contribution in [0.2, 0.25) is 5.02 Å². The van der Waals surface area contributed by atoms with E-state index in [0.29, 0.717) is 10.7 Å². The summed E-state index contributed by atoms with van der Waals surface area (Å²) in [5.41, 5.74) is 1.46. The molecule has 1 amide bonds. The highest BCUT2D eigenvalue weighted by molar-refractivity contribution is 7.13. The SMILES string of the molecule is C[C@@H]1CNCCN1C(=O)c1csc(-c2cccc(Cl)c2)n1.Cl.Cl. The summed E-state index contributed by atoms with van der Waals surface area (Å²) in [5, 5.41) is 6.60. The third-order valence-electron chi connectivity index (χ3n) is 3.56. The van der Waals surface area contributed by atoms with Crippen LogP contribution in [0.15, 0.2) is 29.6 Å². The summed E-state index contributed by atoms with van der Waals surface area (Å²) < 4.78 is 0. The Morgan fingerprint density at radius 1 is 1.43 bits per heavy atom. The van der Waals surface area contributed by atoms with Crippen molar-refractivity contribution in [2.75, 3.05) is 19.6 Å². The Hall–Kier alpha value is -0.850. The first-order chi connectivity index (χ1) is 10.1. The number of halogens is 3. The Morgan fingerprint density at radius 2 is 2.22 bits per heavy atom. The first-order valence-corrected chi connectivity index (χ1v) is 8.14. The van der Waals surface area contributed by atoms with Crippen molar-refractivity contribution in [2.24, 2.45) is 0 Å². The highest BCUT2D eigenvalue weighted by atomic mass is 35.5. The summed E-state index contributed by atoms with van der Waals surface area (Å²) in [7, 11) is 0. The Morgan fingerprint density at radius 3 is 2.91 bits per heavy atom. The van der Waals surface area contributed by atoms with Gasteiger partial charge in [-0.1, -0.05) is 23.7 Å². The normalized spacial score (nSPS) is 17.1. The number of carbonyl (C=O) groups is 1. The van der Waals surface area contributed by atoms with Crippen LogP contribution in [0.3, 0.4) is 0 Å². The van der Waals surface area contributed by atoms with E-state index in [9.17, 15) is 4.79 Å². The quantitative estimate of drug-likeness (QED) is 0.844. The van der Waals surface area contributed by atoms with Crippen molar-refractivity contribution in [1.29, 1.82) is 0 Å². The van der Waals surface area contributed by atoms with Crippen LogP contribution in [0.1, 0.15) is 17.4 Å². The van der Waals surface area contributed by atoms with Crippen LogP contribution in [-0.4, -0.2) is 41.5 Å². The molecule has 0 spiro atoms. The standard InChI is InChI=1S/C15H16ClN3OS.2ClH/c1-10-8-17-5-6-19(10)15(20)13-9-21-14(18-13)11-3-2-4-12(16)7-11;;/h2-4,7,9-10,17H,5-6,8H2,1H3;2*1H/t10-;;/m1../s1. The fourth-order valence-electron chi connectivity index (χ4n) is 2.42. The van der Waals surface area contributed by atoms with Gasteiger partial charge in [-0.3, -0.25) is 4.79 Å². The number of amides is 1. The second-order valence-electron chi connectivity index (χ2n) is 5.10. The van der Waals surface area contributed by atoms with Crippen LogP contribution in [0.25, 0.3) is 10.6 Å². The third-order valence-corrected chi connectivity index (χ3v) is 4.68. The highest BCUT2D eigenvalue weighted by Gasteiger charge is 2.25. The van der Waals surface area contributed by atoms with E-state index in [1.807, 2.05) is 41.5 Å². The van der Waals surface area contributed by atoms with Crippen molar-refractivity contribution < 1.29 is 4.79 Å². The summed E-state index contributed by atoms with van der Waals surface area (Å²) in [6.07, 6.45) is 0. The molecule has 1 N–H and O–H groups in total. The zero-order valence-corrected chi connectivity index (χ0v) is 15.7. The molecule has 0 unspecified atom stereocenters. The number of rotatable bonds is 2. The molecular formula is C15H18Cl3N3OS. The van der Waals surface area contributed by atoms with Crippen molar-refractivity contribution in [3.63, 3.8) is 0 Å². The van der Waals surface area contributed by atoms with Gasteiger partial charge in [0.1, 0.15) is 10.7 Å². The second kappa shape index (κ2) is 8.85. The zero-order valence-electron chi connectivity index (χ0n) is 12.5. The molecule has 4 nitrogen and oxygen atoms in total. The van der Waals surface area contributed by atoms with E-state index >= 15 is 0 Å². The van der Waals surface area contributed by atoms with Gasteiger partial charge in [-0.2, -0.15) is 0 Å². The molecule has 8 heteroatoms. The van der Waals surface area contributed by atoms with Gasteiger partial charge in [0.15, 0.2) is 0 Å². The number of hydrogen-bond acceptors (Lipinski definition) is 4. The van der Waals surface area contributed by atoms with Crippen LogP contribution in [0.5, 0.6) is 0 Å². The monoisotopic (exact) mass is 393 g/mol. The molecule has 0 aliphatic carbocycles. The fraction of sp³-hybridized carbons (Fsp3) is 0.333. The van der Waals surface area contributed by atoms with Crippen LogP contribution >= 0.6 is 47.8 Å². The largest absolute Gasteiger partial charge is 0.332 e. The van der Waals surface area contributed by atoms with Crippen molar-refractivity contribution >= 4 is 53.7 Å². The van der Waals surface area contributed by atoms with E-state index in [4.69, 9.17) is 11.6 Å². The molecule has 2 heterocycles. The number of benzene rings is 1. The number of nitrogens with zero attached hydrogens (tertiary/aromatic N) is 2. The molecule has 23 heavy (non-hydrogen) atoms. The predicted molar refractivity (Wildman–Crippen MR) is 100 cm³/mol. The Balaban J connectivity index is 0.00000132. The van der Waals surface area contributed by atoms with Gasteiger partial charge in [0.05, 0.1) is 0 Å². The average molecular weight is 395 g/mol. The Bertz CT molecular complexity index is 665. The number of carbonyl (C=O) groups excluding carboxylic acids is 1. The zero-order chi connectivity index (χ0) is 14.8.